The molecule has 1 saturated heterocycles. The number of nitrogens with zero attached hydrogens (tertiary/aromatic N) is 1. The van der Waals surface area contributed by atoms with Gasteiger partial charge in [-0.15, -0.1) is 0 Å². The van der Waals surface area contributed by atoms with Gasteiger partial charge in [-0.1, -0.05) is 6.07 Å². The second-order valence-corrected chi connectivity index (χ2v) is 7.22. The number of likely N-dealkylation sites (tertiary alicyclic amines) is 1. The lowest BCUT2D eigenvalue weighted by molar-refractivity contribution is 0.108. The van der Waals surface area contributed by atoms with Gasteiger partial charge >= 0.3 is 12.1 Å². The summed E-state index contributed by atoms with van der Waals surface area (Å²) in [4.78, 5) is 26.4. The molecule has 1 aromatic carbocycles. The fourth-order valence-corrected chi connectivity index (χ4v) is 3.36. The van der Waals surface area contributed by atoms with Gasteiger partial charge in [0.15, 0.2) is 0 Å². The van der Waals surface area contributed by atoms with Crippen LogP contribution >= 0.6 is 0 Å². The third kappa shape index (κ3) is 5.85. The van der Waals surface area contributed by atoms with E-state index in [0.29, 0.717) is 45.5 Å². The molecule has 27 heavy (non-hydrogen) atoms. The number of amides is 4. The van der Waals surface area contributed by atoms with Crippen LogP contribution in [-0.2, 0) is 4.74 Å². The van der Waals surface area contributed by atoms with Gasteiger partial charge in [0.25, 0.3) is 0 Å². The Bertz CT molecular complexity index is 655. The van der Waals surface area contributed by atoms with Gasteiger partial charge in [0.2, 0.25) is 0 Å². The molecule has 1 fully saturated rings. The zero-order valence-electron chi connectivity index (χ0n) is 16.9. The van der Waals surface area contributed by atoms with Gasteiger partial charge in [0, 0.05) is 44.6 Å². The monoisotopic (exact) mass is 376 g/mol. The first-order chi connectivity index (χ1) is 12.9. The molecule has 0 atom stereocenters. The molecule has 0 radical (unpaired) electrons. The smallest absolute Gasteiger partial charge is 0.319 e. The fraction of sp³-hybridized carbons (Fsp3) is 0.600. The lowest BCUT2D eigenvalue weighted by atomic mass is 9.84. The number of piperidine rings is 1. The Labute approximate surface area is 161 Å². The Hall–Kier alpha value is -2.28. The molecule has 0 aliphatic carbocycles. The van der Waals surface area contributed by atoms with Crippen molar-refractivity contribution in [3.8, 4) is 0 Å². The molecule has 0 saturated carbocycles. The Morgan fingerprint density at radius 1 is 1.19 bits per heavy atom. The molecule has 7 nitrogen and oxygen atoms in total. The number of aryl methyl sites for hydroxylation is 2. The quantitative estimate of drug-likeness (QED) is 0.714. The number of anilines is 1. The van der Waals surface area contributed by atoms with Crippen molar-refractivity contribution in [2.45, 2.75) is 45.6 Å². The van der Waals surface area contributed by atoms with Gasteiger partial charge in [-0.05, 0) is 63.3 Å². The number of methoxy groups -OCH3 is 1. The number of ether oxygens (including phenoxy) is 1. The summed E-state index contributed by atoms with van der Waals surface area (Å²) in [7, 11) is 1.66. The zero-order chi connectivity index (χ0) is 19.9. The molecule has 2 rings (SSSR count). The van der Waals surface area contributed by atoms with Crippen molar-refractivity contribution >= 4 is 17.7 Å². The van der Waals surface area contributed by atoms with Crippen LogP contribution in [-0.4, -0.2) is 55.9 Å². The van der Waals surface area contributed by atoms with Gasteiger partial charge in [-0.25, -0.2) is 9.59 Å². The normalized spacial score (nSPS) is 15.9. The van der Waals surface area contributed by atoms with E-state index in [-0.39, 0.29) is 17.6 Å². The molecular weight excluding hydrogens is 344 g/mol. The summed E-state index contributed by atoms with van der Waals surface area (Å²) in [5.74, 6) is 0. The SMILES string of the molecule is CCNC(=O)N1CCC(CCOC)(NC(=O)Nc2ccc(C)c(C)c2)CC1. The van der Waals surface area contributed by atoms with Crippen LogP contribution in [0.1, 0.15) is 37.3 Å². The maximum atomic E-state index is 12.6. The van der Waals surface area contributed by atoms with E-state index in [4.69, 9.17) is 4.74 Å². The van der Waals surface area contributed by atoms with Crippen LogP contribution in [0.4, 0.5) is 15.3 Å². The molecule has 4 amide bonds. The number of urea groups is 2. The Morgan fingerprint density at radius 2 is 1.89 bits per heavy atom. The van der Waals surface area contributed by atoms with E-state index in [2.05, 4.69) is 16.0 Å². The topological polar surface area (TPSA) is 82.7 Å². The first kappa shape index (κ1) is 21.0. The first-order valence-corrected chi connectivity index (χ1v) is 9.57. The number of carbonyl (C=O) groups excluding carboxylic acids is 2. The maximum absolute atomic E-state index is 12.6. The Morgan fingerprint density at radius 3 is 2.48 bits per heavy atom. The highest BCUT2D eigenvalue weighted by Crippen LogP contribution is 2.26. The molecule has 0 aromatic heterocycles. The van der Waals surface area contributed by atoms with Gasteiger partial charge in [-0.3, -0.25) is 0 Å². The standard InChI is InChI=1S/C20H32N4O3/c1-5-21-19(26)24-11-8-20(9-12-24,10-13-27-4)23-18(25)22-17-7-6-15(2)16(3)14-17/h6-7,14H,5,8-13H2,1-4H3,(H,21,26)(H2,22,23,25). The number of carbonyl (C=O) groups is 2. The minimum atomic E-state index is -0.372. The van der Waals surface area contributed by atoms with Crippen molar-refractivity contribution in [1.29, 1.82) is 0 Å². The lowest BCUT2D eigenvalue weighted by Gasteiger charge is -2.42. The average molecular weight is 377 g/mol. The Balaban J connectivity index is 2.00. The van der Waals surface area contributed by atoms with Crippen LogP contribution in [0.15, 0.2) is 18.2 Å². The third-order valence-corrected chi connectivity index (χ3v) is 5.26. The van der Waals surface area contributed by atoms with E-state index < -0.39 is 0 Å². The van der Waals surface area contributed by atoms with Crippen LogP contribution in [0.5, 0.6) is 0 Å². The van der Waals surface area contributed by atoms with Gasteiger partial charge in [-0.2, -0.15) is 0 Å². The largest absolute Gasteiger partial charge is 0.385 e. The van der Waals surface area contributed by atoms with E-state index in [9.17, 15) is 9.59 Å². The van der Waals surface area contributed by atoms with Crippen molar-refractivity contribution < 1.29 is 14.3 Å². The summed E-state index contributed by atoms with van der Waals surface area (Å²) in [5.41, 5.74) is 2.73. The average Bonchev–Trinajstić information content (AvgIpc) is 2.64. The van der Waals surface area contributed by atoms with E-state index in [1.807, 2.05) is 39.0 Å². The van der Waals surface area contributed by atoms with Crippen LogP contribution in [0, 0.1) is 13.8 Å². The number of hydrogen-bond acceptors (Lipinski definition) is 3. The molecule has 0 spiro atoms. The summed E-state index contributed by atoms with van der Waals surface area (Å²) >= 11 is 0. The van der Waals surface area contributed by atoms with Crippen molar-refractivity contribution in [3.05, 3.63) is 29.3 Å². The van der Waals surface area contributed by atoms with Gasteiger partial charge in [0.1, 0.15) is 0 Å². The van der Waals surface area contributed by atoms with Crippen LogP contribution in [0.25, 0.3) is 0 Å². The van der Waals surface area contributed by atoms with E-state index >= 15 is 0 Å². The van der Waals surface area contributed by atoms with E-state index in [1.165, 1.54) is 5.56 Å². The lowest BCUT2D eigenvalue weighted by Crippen LogP contribution is -2.58. The molecule has 1 aliphatic heterocycles. The minimum absolute atomic E-state index is 0.0441. The fourth-order valence-electron chi connectivity index (χ4n) is 3.36. The van der Waals surface area contributed by atoms with Crippen molar-refractivity contribution in [2.75, 3.05) is 38.7 Å². The third-order valence-electron chi connectivity index (χ3n) is 5.26. The van der Waals surface area contributed by atoms with Crippen molar-refractivity contribution in [3.63, 3.8) is 0 Å². The predicted molar refractivity (Wildman–Crippen MR) is 107 cm³/mol. The number of nitrogens with one attached hydrogen (secondary N) is 3. The molecule has 7 heteroatoms. The molecule has 1 heterocycles. The van der Waals surface area contributed by atoms with Gasteiger partial charge in [0.05, 0.1) is 0 Å². The second-order valence-electron chi connectivity index (χ2n) is 7.22. The molecule has 0 unspecified atom stereocenters. The first-order valence-electron chi connectivity index (χ1n) is 9.57. The number of rotatable bonds is 6. The molecule has 1 aromatic rings. The van der Waals surface area contributed by atoms with Crippen LogP contribution < -0.4 is 16.0 Å². The predicted octanol–water partition coefficient (Wildman–Crippen LogP) is 3.03. The molecule has 1 aliphatic rings. The molecule has 150 valence electrons. The highest BCUT2D eigenvalue weighted by Gasteiger charge is 2.37. The van der Waals surface area contributed by atoms with Gasteiger partial charge < -0.3 is 25.6 Å². The summed E-state index contributed by atoms with van der Waals surface area (Å²) in [5, 5.41) is 8.91. The second kappa shape index (κ2) is 9.60. The van der Waals surface area contributed by atoms with Crippen molar-refractivity contribution in [2.24, 2.45) is 0 Å². The summed E-state index contributed by atoms with van der Waals surface area (Å²) < 4.78 is 5.25. The highest BCUT2D eigenvalue weighted by molar-refractivity contribution is 5.90. The van der Waals surface area contributed by atoms with Crippen molar-refractivity contribution in [1.82, 2.24) is 15.5 Å². The minimum Gasteiger partial charge on any atom is -0.385 e. The highest BCUT2D eigenvalue weighted by atomic mass is 16.5. The number of hydrogen-bond donors (Lipinski definition) is 3. The molecule has 0 bridgehead atoms. The summed E-state index contributed by atoms with van der Waals surface area (Å²) in [6.07, 6.45) is 2.12. The van der Waals surface area contributed by atoms with E-state index in [1.54, 1.807) is 12.0 Å². The maximum Gasteiger partial charge on any atom is 0.319 e. The number of benzene rings is 1. The zero-order valence-corrected chi connectivity index (χ0v) is 16.9. The van der Waals surface area contributed by atoms with E-state index in [0.717, 1.165) is 11.3 Å². The Kier molecular flexibility index (Phi) is 7.47. The summed E-state index contributed by atoms with van der Waals surface area (Å²) in [6.45, 7) is 8.37. The molecule has 3 N–H and O–H groups in total. The molecular formula is C20H32N4O3. The summed E-state index contributed by atoms with van der Waals surface area (Å²) in [6, 6.07) is 5.60. The van der Waals surface area contributed by atoms with Crippen LogP contribution in [0.2, 0.25) is 0 Å². The van der Waals surface area contributed by atoms with Crippen LogP contribution in [0.3, 0.4) is 0 Å².